The molecule has 0 aliphatic carbocycles. The molecule has 1 heterocycles. The number of halogens is 1. The summed E-state index contributed by atoms with van der Waals surface area (Å²) in [4.78, 5) is 18.1. The fourth-order valence-corrected chi connectivity index (χ4v) is 3.42. The van der Waals surface area contributed by atoms with Crippen molar-refractivity contribution in [3.8, 4) is 0 Å². The van der Waals surface area contributed by atoms with Gasteiger partial charge in [0.05, 0.1) is 23.8 Å². The first kappa shape index (κ1) is 15.9. The fourth-order valence-electron chi connectivity index (χ4n) is 2.44. The molecule has 4 nitrogen and oxygen atoms in total. The van der Waals surface area contributed by atoms with Gasteiger partial charge < -0.3 is 5.73 Å². The summed E-state index contributed by atoms with van der Waals surface area (Å²) >= 11 is 7.84. The number of rotatable bonds is 4. The third kappa shape index (κ3) is 3.35. The Morgan fingerprint density at radius 3 is 2.87 bits per heavy atom. The lowest BCUT2D eigenvalue weighted by molar-refractivity contribution is 0.738. The molecule has 1 aromatic heterocycles. The van der Waals surface area contributed by atoms with Gasteiger partial charge in [-0.05, 0) is 47.7 Å². The third-order valence-corrected chi connectivity index (χ3v) is 4.74. The average molecular weight is 346 g/mol. The van der Waals surface area contributed by atoms with Crippen molar-refractivity contribution in [3.63, 3.8) is 0 Å². The molecule has 0 saturated heterocycles. The van der Waals surface area contributed by atoms with E-state index in [1.54, 1.807) is 40.9 Å². The Morgan fingerprint density at radius 1 is 1.26 bits per heavy atom. The van der Waals surface area contributed by atoms with E-state index in [-0.39, 0.29) is 5.56 Å². The van der Waals surface area contributed by atoms with Crippen molar-refractivity contribution in [2.45, 2.75) is 18.4 Å². The maximum absolute atomic E-state index is 12.7. The van der Waals surface area contributed by atoms with Gasteiger partial charge in [-0.2, -0.15) is 0 Å². The molecule has 0 bridgehead atoms. The lowest BCUT2D eigenvalue weighted by atomic mass is 10.2. The predicted molar refractivity (Wildman–Crippen MR) is 97.4 cm³/mol. The molecule has 3 rings (SSSR count). The van der Waals surface area contributed by atoms with E-state index in [4.69, 9.17) is 17.3 Å². The predicted octanol–water partition coefficient (Wildman–Crippen LogP) is 3.79. The van der Waals surface area contributed by atoms with Crippen LogP contribution in [0.4, 0.5) is 5.69 Å². The molecule has 0 radical (unpaired) electrons. The van der Waals surface area contributed by atoms with Crippen molar-refractivity contribution in [3.05, 3.63) is 63.7 Å². The van der Waals surface area contributed by atoms with Crippen LogP contribution < -0.4 is 11.3 Å². The number of anilines is 1. The summed E-state index contributed by atoms with van der Waals surface area (Å²) in [6, 6.07) is 10.9. The summed E-state index contributed by atoms with van der Waals surface area (Å²) in [6.07, 6.45) is 1.57. The maximum Gasteiger partial charge on any atom is 0.261 e. The molecular weight excluding hydrogens is 330 g/mol. The quantitative estimate of drug-likeness (QED) is 0.577. The number of nitrogens with two attached hydrogens (primary N) is 1. The highest BCUT2D eigenvalue weighted by atomic mass is 35.5. The Hall–Kier alpha value is -1.98. The number of nitrogen functional groups attached to an aromatic ring is 1. The highest BCUT2D eigenvalue weighted by Crippen LogP contribution is 2.26. The van der Waals surface area contributed by atoms with Gasteiger partial charge in [-0.15, -0.1) is 11.8 Å². The van der Waals surface area contributed by atoms with Crippen LogP contribution in [0.5, 0.6) is 0 Å². The first-order chi connectivity index (χ1) is 11.1. The molecule has 0 spiro atoms. The van der Waals surface area contributed by atoms with Gasteiger partial charge in [0.1, 0.15) is 0 Å². The summed E-state index contributed by atoms with van der Waals surface area (Å²) in [6.45, 7) is 2.52. The lowest BCUT2D eigenvalue weighted by Crippen LogP contribution is -2.21. The van der Waals surface area contributed by atoms with Crippen molar-refractivity contribution in [1.82, 2.24) is 9.55 Å². The SMILES string of the molecule is CCSc1ccc(Cl)cc1Cn1cnc2ccc(N)cc2c1=O. The molecule has 3 aromatic rings. The molecule has 0 saturated carbocycles. The largest absolute Gasteiger partial charge is 0.399 e. The van der Waals surface area contributed by atoms with Crippen LogP contribution in [0.1, 0.15) is 12.5 Å². The van der Waals surface area contributed by atoms with E-state index >= 15 is 0 Å². The minimum Gasteiger partial charge on any atom is -0.399 e. The molecular formula is C17H16ClN3OS. The molecule has 0 unspecified atom stereocenters. The van der Waals surface area contributed by atoms with Crippen LogP contribution in [0, 0.1) is 0 Å². The van der Waals surface area contributed by atoms with Gasteiger partial charge in [0.15, 0.2) is 0 Å². The zero-order valence-corrected chi connectivity index (χ0v) is 14.2. The van der Waals surface area contributed by atoms with Crippen LogP contribution in [0.15, 0.2) is 52.4 Å². The number of thioether (sulfide) groups is 1. The van der Waals surface area contributed by atoms with E-state index in [1.807, 2.05) is 18.2 Å². The lowest BCUT2D eigenvalue weighted by Gasteiger charge is -2.11. The third-order valence-electron chi connectivity index (χ3n) is 3.51. The molecule has 0 atom stereocenters. The first-order valence-corrected chi connectivity index (χ1v) is 8.60. The van der Waals surface area contributed by atoms with Gasteiger partial charge in [-0.3, -0.25) is 9.36 Å². The van der Waals surface area contributed by atoms with Crippen molar-refractivity contribution in [2.75, 3.05) is 11.5 Å². The zero-order chi connectivity index (χ0) is 16.4. The number of fused-ring (bicyclic) bond motifs is 1. The Morgan fingerprint density at radius 2 is 2.09 bits per heavy atom. The summed E-state index contributed by atoms with van der Waals surface area (Å²) in [5, 5.41) is 1.19. The fraction of sp³-hybridized carbons (Fsp3) is 0.176. The average Bonchev–Trinajstić information content (AvgIpc) is 2.53. The van der Waals surface area contributed by atoms with Crippen LogP contribution >= 0.6 is 23.4 Å². The highest BCUT2D eigenvalue weighted by molar-refractivity contribution is 7.99. The van der Waals surface area contributed by atoms with Crippen molar-refractivity contribution < 1.29 is 0 Å². The van der Waals surface area contributed by atoms with Gasteiger partial charge in [0.25, 0.3) is 5.56 Å². The standard InChI is InChI=1S/C17H16ClN3OS/c1-2-23-16-6-3-12(18)7-11(16)9-21-10-20-15-5-4-13(19)8-14(15)17(21)22/h3-8,10H,2,9,19H2,1H3. The number of hydrogen-bond acceptors (Lipinski definition) is 4. The summed E-state index contributed by atoms with van der Waals surface area (Å²) in [5.74, 6) is 0.954. The molecule has 6 heteroatoms. The second kappa shape index (κ2) is 6.64. The molecule has 0 aliphatic rings. The van der Waals surface area contributed by atoms with E-state index in [0.29, 0.717) is 28.2 Å². The molecule has 0 fully saturated rings. The normalized spacial score (nSPS) is 11.0. The van der Waals surface area contributed by atoms with E-state index in [1.165, 1.54) is 0 Å². The van der Waals surface area contributed by atoms with E-state index in [2.05, 4.69) is 11.9 Å². The number of aromatic nitrogens is 2. The molecule has 0 amide bonds. The summed E-state index contributed by atoms with van der Waals surface area (Å²) < 4.78 is 1.59. The maximum atomic E-state index is 12.7. The molecule has 0 aliphatic heterocycles. The Balaban J connectivity index is 2.07. The van der Waals surface area contributed by atoms with Crippen molar-refractivity contribution >= 4 is 40.0 Å². The molecule has 2 aromatic carbocycles. The second-order valence-electron chi connectivity index (χ2n) is 5.14. The highest BCUT2D eigenvalue weighted by Gasteiger charge is 2.09. The first-order valence-electron chi connectivity index (χ1n) is 7.24. The molecule has 118 valence electrons. The number of benzene rings is 2. The van der Waals surface area contributed by atoms with Crippen LogP contribution in [-0.4, -0.2) is 15.3 Å². The summed E-state index contributed by atoms with van der Waals surface area (Å²) in [5.41, 5.74) is 7.89. The van der Waals surface area contributed by atoms with Gasteiger partial charge in [0, 0.05) is 15.6 Å². The van der Waals surface area contributed by atoms with Gasteiger partial charge in [-0.25, -0.2) is 4.98 Å². The molecule has 23 heavy (non-hydrogen) atoms. The van der Waals surface area contributed by atoms with Gasteiger partial charge >= 0.3 is 0 Å². The van der Waals surface area contributed by atoms with E-state index < -0.39 is 0 Å². The van der Waals surface area contributed by atoms with Crippen molar-refractivity contribution in [1.29, 1.82) is 0 Å². The Labute approximate surface area is 143 Å². The van der Waals surface area contributed by atoms with Gasteiger partial charge in [-0.1, -0.05) is 18.5 Å². The number of nitrogens with zero attached hydrogens (tertiary/aromatic N) is 2. The Kier molecular flexibility index (Phi) is 4.59. The van der Waals surface area contributed by atoms with Crippen LogP contribution in [0.2, 0.25) is 5.02 Å². The second-order valence-corrected chi connectivity index (χ2v) is 6.88. The minimum atomic E-state index is -0.102. The van der Waals surface area contributed by atoms with Crippen LogP contribution in [0.25, 0.3) is 10.9 Å². The van der Waals surface area contributed by atoms with Crippen LogP contribution in [-0.2, 0) is 6.54 Å². The Bertz CT molecular complexity index is 923. The van der Waals surface area contributed by atoms with E-state index in [0.717, 1.165) is 16.2 Å². The van der Waals surface area contributed by atoms with Gasteiger partial charge in [0.2, 0.25) is 0 Å². The van der Waals surface area contributed by atoms with Crippen LogP contribution in [0.3, 0.4) is 0 Å². The topological polar surface area (TPSA) is 60.9 Å². The summed E-state index contributed by atoms with van der Waals surface area (Å²) in [7, 11) is 0. The monoisotopic (exact) mass is 345 g/mol. The minimum absolute atomic E-state index is 0.102. The van der Waals surface area contributed by atoms with E-state index in [9.17, 15) is 4.79 Å². The zero-order valence-electron chi connectivity index (χ0n) is 12.6. The smallest absolute Gasteiger partial charge is 0.261 e. The van der Waals surface area contributed by atoms with Crippen molar-refractivity contribution in [2.24, 2.45) is 0 Å². The number of hydrogen-bond donors (Lipinski definition) is 1. The molecule has 2 N–H and O–H groups in total.